The van der Waals surface area contributed by atoms with E-state index in [1.54, 1.807) is 0 Å². The quantitative estimate of drug-likeness (QED) is 0.752. The third-order valence-corrected chi connectivity index (χ3v) is 3.64. The zero-order valence-corrected chi connectivity index (χ0v) is 10.0. The number of piperidine rings is 1. The van der Waals surface area contributed by atoms with Crippen LogP contribution in [0.25, 0.3) is 0 Å². The van der Waals surface area contributed by atoms with Crippen molar-refractivity contribution in [3.05, 3.63) is 0 Å². The normalized spacial score (nSPS) is 37.1. The summed E-state index contributed by atoms with van der Waals surface area (Å²) in [5, 5.41) is 9.66. The van der Waals surface area contributed by atoms with Gasteiger partial charge in [0.2, 0.25) is 0 Å². The van der Waals surface area contributed by atoms with Crippen LogP contribution < -0.4 is 0 Å². The molecule has 0 aromatic heterocycles. The summed E-state index contributed by atoms with van der Waals surface area (Å²) in [6.07, 6.45) is 2.06. The topological polar surface area (TPSA) is 23.5 Å². The van der Waals surface area contributed by atoms with Gasteiger partial charge >= 0.3 is 0 Å². The smallest absolute Gasteiger partial charge is 0.0664 e. The van der Waals surface area contributed by atoms with Crippen molar-refractivity contribution in [3.63, 3.8) is 0 Å². The predicted molar refractivity (Wildman–Crippen MR) is 60.3 cm³/mol. The molecule has 3 unspecified atom stereocenters. The van der Waals surface area contributed by atoms with Gasteiger partial charge < -0.3 is 5.11 Å². The van der Waals surface area contributed by atoms with E-state index in [1.165, 1.54) is 6.42 Å². The SMILES string of the molecule is CC[C@H](O)CN1CC(C)CC(C)C1C. The molecule has 0 aromatic carbocycles. The second-order valence-corrected chi connectivity index (χ2v) is 5.07. The number of β-amino-alcohol motifs (C(OH)–C–C–N with tert-alkyl or cyclic N) is 1. The maximum absolute atomic E-state index is 9.66. The van der Waals surface area contributed by atoms with Crippen LogP contribution in [0.2, 0.25) is 0 Å². The van der Waals surface area contributed by atoms with Gasteiger partial charge in [0.05, 0.1) is 6.10 Å². The molecule has 0 aliphatic carbocycles. The predicted octanol–water partition coefficient (Wildman–Crippen LogP) is 2.12. The van der Waals surface area contributed by atoms with Gasteiger partial charge in [0.1, 0.15) is 0 Å². The summed E-state index contributed by atoms with van der Waals surface area (Å²) in [5.74, 6) is 1.55. The molecule has 2 nitrogen and oxygen atoms in total. The monoisotopic (exact) mass is 199 g/mol. The molecule has 1 fully saturated rings. The molecule has 1 N–H and O–H groups in total. The Kier molecular flexibility index (Phi) is 4.39. The van der Waals surface area contributed by atoms with Gasteiger partial charge in [0.25, 0.3) is 0 Å². The van der Waals surface area contributed by atoms with E-state index >= 15 is 0 Å². The van der Waals surface area contributed by atoms with Crippen LogP contribution in [0.5, 0.6) is 0 Å². The third kappa shape index (κ3) is 2.96. The van der Waals surface area contributed by atoms with Crippen molar-refractivity contribution in [1.29, 1.82) is 0 Å². The molecule has 1 rings (SSSR count). The van der Waals surface area contributed by atoms with E-state index in [0.29, 0.717) is 6.04 Å². The molecule has 0 radical (unpaired) electrons. The van der Waals surface area contributed by atoms with Gasteiger partial charge in [-0.1, -0.05) is 20.8 Å². The summed E-state index contributed by atoms with van der Waals surface area (Å²) >= 11 is 0. The summed E-state index contributed by atoms with van der Waals surface area (Å²) < 4.78 is 0. The molecule has 0 bridgehead atoms. The van der Waals surface area contributed by atoms with Gasteiger partial charge in [-0.15, -0.1) is 0 Å². The van der Waals surface area contributed by atoms with Gasteiger partial charge in [-0.2, -0.15) is 0 Å². The maximum atomic E-state index is 9.66. The lowest BCUT2D eigenvalue weighted by Gasteiger charge is -2.41. The van der Waals surface area contributed by atoms with Crippen molar-refractivity contribution in [1.82, 2.24) is 4.90 Å². The first-order valence-electron chi connectivity index (χ1n) is 5.96. The van der Waals surface area contributed by atoms with Crippen LogP contribution in [0, 0.1) is 11.8 Å². The fourth-order valence-electron chi connectivity index (χ4n) is 2.47. The highest BCUT2D eigenvalue weighted by molar-refractivity contribution is 4.82. The molecule has 0 amide bonds. The van der Waals surface area contributed by atoms with Crippen LogP contribution in [0.15, 0.2) is 0 Å². The lowest BCUT2D eigenvalue weighted by molar-refractivity contribution is 0.0310. The van der Waals surface area contributed by atoms with Crippen molar-refractivity contribution in [3.8, 4) is 0 Å². The zero-order chi connectivity index (χ0) is 10.7. The molecule has 1 heterocycles. The zero-order valence-electron chi connectivity index (χ0n) is 10.0. The van der Waals surface area contributed by atoms with Gasteiger partial charge in [0, 0.05) is 19.1 Å². The van der Waals surface area contributed by atoms with E-state index < -0.39 is 0 Å². The van der Waals surface area contributed by atoms with E-state index in [2.05, 4.69) is 25.7 Å². The molecule has 0 spiro atoms. The molecule has 2 heteroatoms. The highest BCUT2D eigenvalue weighted by Gasteiger charge is 2.29. The van der Waals surface area contributed by atoms with Crippen molar-refractivity contribution >= 4 is 0 Å². The fraction of sp³-hybridized carbons (Fsp3) is 1.00. The van der Waals surface area contributed by atoms with E-state index in [1.807, 2.05) is 6.92 Å². The largest absolute Gasteiger partial charge is 0.392 e. The van der Waals surface area contributed by atoms with E-state index in [0.717, 1.165) is 31.3 Å². The molecule has 1 aliphatic rings. The average Bonchev–Trinajstić information content (AvgIpc) is 2.13. The van der Waals surface area contributed by atoms with Crippen LogP contribution in [0.4, 0.5) is 0 Å². The van der Waals surface area contributed by atoms with Gasteiger partial charge in [-0.05, 0) is 31.6 Å². The molecule has 0 saturated carbocycles. The maximum Gasteiger partial charge on any atom is 0.0664 e. The third-order valence-electron chi connectivity index (χ3n) is 3.64. The summed E-state index contributed by atoms with van der Waals surface area (Å²) in [4.78, 5) is 2.45. The highest BCUT2D eigenvalue weighted by Crippen LogP contribution is 2.26. The van der Waals surface area contributed by atoms with Crippen molar-refractivity contribution in [2.75, 3.05) is 13.1 Å². The molecule has 4 atom stereocenters. The molecule has 1 aliphatic heterocycles. The number of aliphatic hydroxyl groups is 1. The van der Waals surface area contributed by atoms with Gasteiger partial charge in [0.15, 0.2) is 0 Å². The Bertz CT molecular complexity index is 172. The minimum absolute atomic E-state index is 0.144. The standard InChI is InChI=1S/C12H25NO/c1-5-12(14)8-13-7-9(2)6-10(3)11(13)4/h9-12,14H,5-8H2,1-4H3/t9?,10?,11?,12-/m0/s1. The average molecular weight is 199 g/mol. The first-order valence-corrected chi connectivity index (χ1v) is 5.96. The minimum atomic E-state index is -0.144. The fourth-order valence-corrected chi connectivity index (χ4v) is 2.47. The molecular formula is C12H25NO. The second-order valence-electron chi connectivity index (χ2n) is 5.07. The van der Waals surface area contributed by atoms with Crippen molar-refractivity contribution < 1.29 is 5.11 Å². The van der Waals surface area contributed by atoms with Crippen LogP contribution in [0.3, 0.4) is 0 Å². The molecule has 84 valence electrons. The van der Waals surface area contributed by atoms with E-state index in [-0.39, 0.29) is 6.10 Å². The highest BCUT2D eigenvalue weighted by atomic mass is 16.3. The Labute approximate surface area is 88.3 Å². The number of rotatable bonds is 3. The Morgan fingerprint density at radius 1 is 1.36 bits per heavy atom. The summed E-state index contributed by atoms with van der Waals surface area (Å²) in [6.45, 7) is 11.0. The summed E-state index contributed by atoms with van der Waals surface area (Å²) in [7, 11) is 0. The van der Waals surface area contributed by atoms with Crippen molar-refractivity contribution in [2.24, 2.45) is 11.8 Å². The minimum Gasteiger partial charge on any atom is -0.392 e. The number of likely N-dealkylation sites (tertiary alicyclic amines) is 1. The molecule has 0 aromatic rings. The first-order chi connectivity index (χ1) is 6.54. The van der Waals surface area contributed by atoms with Crippen LogP contribution in [0.1, 0.15) is 40.5 Å². The number of hydrogen-bond donors (Lipinski definition) is 1. The Balaban J connectivity index is 2.49. The van der Waals surface area contributed by atoms with Crippen LogP contribution in [-0.4, -0.2) is 35.2 Å². The van der Waals surface area contributed by atoms with Gasteiger partial charge in [-0.3, -0.25) is 4.90 Å². The van der Waals surface area contributed by atoms with Crippen molar-refractivity contribution in [2.45, 2.75) is 52.7 Å². The lowest BCUT2D eigenvalue weighted by atomic mass is 9.86. The second kappa shape index (κ2) is 5.13. The van der Waals surface area contributed by atoms with E-state index in [4.69, 9.17) is 0 Å². The Hall–Kier alpha value is -0.0800. The molecule has 1 saturated heterocycles. The summed E-state index contributed by atoms with van der Waals surface area (Å²) in [5.41, 5.74) is 0. The first kappa shape index (κ1) is 12.0. The number of aliphatic hydroxyl groups excluding tert-OH is 1. The number of hydrogen-bond acceptors (Lipinski definition) is 2. The van der Waals surface area contributed by atoms with Gasteiger partial charge in [-0.25, -0.2) is 0 Å². The number of nitrogens with zero attached hydrogens (tertiary/aromatic N) is 1. The Morgan fingerprint density at radius 3 is 2.57 bits per heavy atom. The summed E-state index contributed by atoms with van der Waals surface area (Å²) in [6, 6.07) is 0.632. The molecule has 14 heavy (non-hydrogen) atoms. The van der Waals surface area contributed by atoms with Crippen LogP contribution >= 0.6 is 0 Å². The lowest BCUT2D eigenvalue weighted by Crippen LogP contribution is -2.48. The van der Waals surface area contributed by atoms with E-state index in [9.17, 15) is 5.11 Å². The Morgan fingerprint density at radius 2 is 2.00 bits per heavy atom. The molecular weight excluding hydrogens is 174 g/mol. The van der Waals surface area contributed by atoms with Crippen LogP contribution in [-0.2, 0) is 0 Å².